The predicted octanol–water partition coefficient (Wildman–Crippen LogP) is -3.58. The maximum atomic E-state index is 11.6. The second-order valence-corrected chi connectivity index (χ2v) is 7.45. The number of hydrogen-bond donors (Lipinski definition) is 0. The van der Waals surface area contributed by atoms with Crippen LogP contribution in [0.25, 0.3) is 0 Å². The molecule has 0 bridgehead atoms. The first-order valence-corrected chi connectivity index (χ1v) is 6.63. The first-order valence-electron chi connectivity index (χ1n) is 4.81. The van der Waals surface area contributed by atoms with Crippen LogP contribution in [0.2, 0.25) is 0 Å². The molecule has 4 nitrogen and oxygen atoms in total. The van der Waals surface area contributed by atoms with Crippen molar-refractivity contribution in [1.29, 1.82) is 0 Å². The lowest BCUT2D eigenvalue weighted by molar-refractivity contribution is -0.894. The van der Waals surface area contributed by atoms with Crippen LogP contribution in [0.5, 0.6) is 0 Å². The van der Waals surface area contributed by atoms with Crippen molar-refractivity contribution in [3.63, 3.8) is 0 Å². The molecule has 6 heteroatoms. The molecule has 1 heterocycles. The zero-order valence-corrected chi connectivity index (χ0v) is 13.0. The van der Waals surface area contributed by atoms with Crippen molar-refractivity contribution < 1.29 is 36.9 Å². The molecule has 1 fully saturated rings. The summed E-state index contributed by atoms with van der Waals surface area (Å²) in [5.74, 6) is 0.625. The maximum absolute atomic E-state index is 11.6. The van der Waals surface area contributed by atoms with Gasteiger partial charge in [-0.1, -0.05) is 0 Å². The Bertz CT molecular complexity index is 309. The minimum atomic E-state index is -2.83. The molecule has 92 valence electrons. The molecule has 0 aromatic rings. The van der Waals surface area contributed by atoms with Gasteiger partial charge in [-0.2, -0.15) is 0 Å². The van der Waals surface area contributed by atoms with E-state index in [0.717, 1.165) is 0 Å². The van der Waals surface area contributed by atoms with E-state index in [1.165, 1.54) is 0 Å². The lowest BCUT2D eigenvalue weighted by Crippen LogP contribution is -3.00. The van der Waals surface area contributed by atoms with Gasteiger partial charge in [0, 0.05) is 0 Å². The molecule has 0 amide bonds. The van der Waals surface area contributed by atoms with Gasteiger partial charge in [-0.3, -0.25) is 0 Å². The van der Waals surface area contributed by atoms with Gasteiger partial charge in [0.15, 0.2) is 9.84 Å². The van der Waals surface area contributed by atoms with Gasteiger partial charge in [0.05, 0.1) is 32.9 Å². The van der Waals surface area contributed by atoms with E-state index < -0.39 is 9.84 Å². The van der Waals surface area contributed by atoms with Crippen LogP contribution in [0, 0.1) is 0 Å². The summed E-state index contributed by atoms with van der Waals surface area (Å²) >= 11 is 0. The van der Waals surface area contributed by atoms with Gasteiger partial charge >= 0.3 is 0 Å². The number of quaternary nitrogens is 1. The molecule has 15 heavy (non-hydrogen) atoms. The van der Waals surface area contributed by atoms with E-state index in [-0.39, 0.29) is 36.1 Å². The van der Waals surface area contributed by atoms with E-state index in [9.17, 15) is 8.42 Å². The van der Waals surface area contributed by atoms with E-state index >= 15 is 0 Å². The van der Waals surface area contributed by atoms with Gasteiger partial charge in [-0.05, 0) is 14.1 Å². The van der Waals surface area contributed by atoms with Crippen LogP contribution in [0.3, 0.4) is 0 Å². The van der Waals surface area contributed by atoms with Crippen LogP contribution in [0.4, 0.5) is 0 Å². The van der Waals surface area contributed by atoms with E-state index in [1.807, 2.05) is 19.0 Å². The smallest absolute Gasteiger partial charge is 0.157 e. The van der Waals surface area contributed by atoms with Gasteiger partial charge < -0.3 is 33.4 Å². The maximum Gasteiger partial charge on any atom is 0.157 e. The summed E-state index contributed by atoms with van der Waals surface area (Å²) in [5, 5.41) is 0. The van der Waals surface area contributed by atoms with Gasteiger partial charge in [-0.25, -0.2) is 8.42 Å². The summed E-state index contributed by atoms with van der Waals surface area (Å²) in [6.07, 6.45) is 0. The second-order valence-electron chi connectivity index (χ2n) is 5.29. The van der Waals surface area contributed by atoms with E-state index in [2.05, 4.69) is 21.1 Å². The molecule has 1 rings (SSSR count). The third-order valence-electron chi connectivity index (χ3n) is 2.95. The van der Waals surface area contributed by atoms with Gasteiger partial charge in [0.1, 0.15) is 11.8 Å². The standard InChI is InChI=1S/C9H21N2O2S.HI/c1-10(2)8-6-14(12,13)7-9(8)11(3,4)5;/h8-9H,6-7H2,1-5H3;1H/q+1;/p-1. The molecule has 2 atom stereocenters. The van der Waals surface area contributed by atoms with Crippen LogP contribution in [0.15, 0.2) is 0 Å². The third-order valence-corrected chi connectivity index (χ3v) is 4.65. The van der Waals surface area contributed by atoms with Crippen molar-refractivity contribution in [3.05, 3.63) is 0 Å². The Morgan fingerprint density at radius 2 is 1.60 bits per heavy atom. The average molecular weight is 348 g/mol. The molecular weight excluding hydrogens is 327 g/mol. The Labute approximate surface area is 110 Å². The molecule has 0 N–H and O–H groups in total. The molecule has 0 aromatic carbocycles. The zero-order valence-electron chi connectivity index (χ0n) is 10.1. The summed E-state index contributed by atoms with van der Waals surface area (Å²) in [7, 11) is 7.25. The highest BCUT2D eigenvalue weighted by molar-refractivity contribution is 7.91. The van der Waals surface area contributed by atoms with Crippen molar-refractivity contribution in [2.24, 2.45) is 0 Å². The highest BCUT2D eigenvalue weighted by Gasteiger charge is 2.46. The van der Waals surface area contributed by atoms with Crippen molar-refractivity contribution in [1.82, 2.24) is 4.90 Å². The Morgan fingerprint density at radius 1 is 1.13 bits per heavy atom. The highest BCUT2D eigenvalue weighted by atomic mass is 127. The normalized spacial score (nSPS) is 30.3. The molecule has 1 saturated heterocycles. The fourth-order valence-electron chi connectivity index (χ4n) is 2.04. The van der Waals surface area contributed by atoms with Crippen molar-refractivity contribution >= 4 is 9.84 Å². The molecule has 0 radical (unpaired) electrons. The van der Waals surface area contributed by atoms with Crippen LogP contribution in [-0.2, 0) is 9.84 Å². The molecule has 1 aliphatic rings. The number of sulfone groups is 1. The monoisotopic (exact) mass is 348 g/mol. The van der Waals surface area contributed by atoms with Crippen molar-refractivity contribution in [3.8, 4) is 0 Å². The van der Waals surface area contributed by atoms with Crippen LogP contribution >= 0.6 is 0 Å². The largest absolute Gasteiger partial charge is 1.00 e. The van der Waals surface area contributed by atoms with E-state index in [4.69, 9.17) is 0 Å². The Morgan fingerprint density at radius 3 is 1.87 bits per heavy atom. The molecular formula is C9H21IN2O2S. The van der Waals surface area contributed by atoms with Gasteiger partial charge in [0.2, 0.25) is 0 Å². The van der Waals surface area contributed by atoms with Gasteiger partial charge in [0.25, 0.3) is 0 Å². The highest BCUT2D eigenvalue weighted by Crippen LogP contribution is 2.23. The van der Waals surface area contributed by atoms with Crippen LogP contribution < -0.4 is 24.0 Å². The summed E-state index contributed by atoms with van der Waals surface area (Å²) < 4.78 is 23.8. The van der Waals surface area contributed by atoms with Crippen molar-refractivity contribution in [2.75, 3.05) is 46.7 Å². The van der Waals surface area contributed by atoms with Crippen LogP contribution in [0.1, 0.15) is 0 Å². The third kappa shape index (κ3) is 3.83. The quantitative estimate of drug-likeness (QED) is 0.383. The minimum absolute atomic E-state index is 0. The van der Waals surface area contributed by atoms with Crippen LogP contribution in [-0.4, -0.2) is 76.6 Å². The summed E-state index contributed by atoms with van der Waals surface area (Å²) in [6.45, 7) is 0. The molecule has 1 aliphatic heterocycles. The molecule has 0 aromatic heterocycles. The predicted molar refractivity (Wildman–Crippen MR) is 57.9 cm³/mol. The lowest BCUT2D eigenvalue weighted by atomic mass is 10.1. The Balaban J connectivity index is 0.00000196. The first-order chi connectivity index (χ1) is 6.13. The number of likely N-dealkylation sites (N-methyl/N-ethyl adjacent to an activating group) is 2. The first kappa shape index (κ1) is 15.6. The number of rotatable bonds is 2. The topological polar surface area (TPSA) is 37.4 Å². The minimum Gasteiger partial charge on any atom is -1.00 e. The summed E-state index contributed by atoms with van der Waals surface area (Å²) in [4.78, 5) is 2.03. The zero-order chi connectivity index (χ0) is 11.1. The fourth-order valence-corrected chi connectivity index (χ4v) is 4.41. The van der Waals surface area contributed by atoms with E-state index in [0.29, 0.717) is 16.0 Å². The molecule has 0 spiro atoms. The molecule has 0 saturated carbocycles. The lowest BCUT2D eigenvalue weighted by Gasteiger charge is -2.36. The Hall–Kier alpha value is 0.600. The summed E-state index contributed by atoms with van der Waals surface area (Å²) in [6, 6.07) is 0.343. The SMILES string of the molecule is CN(C)C1CS(=O)(=O)CC1[N+](C)(C)C.[I-]. The van der Waals surface area contributed by atoms with E-state index in [1.54, 1.807) is 0 Å². The molecule has 0 aliphatic carbocycles. The van der Waals surface area contributed by atoms with Gasteiger partial charge in [-0.15, -0.1) is 0 Å². The molecule has 2 unspecified atom stereocenters. The fraction of sp³-hybridized carbons (Fsp3) is 1.00. The number of nitrogens with zero attached hydrogens (tertiary/aromatic N) is 2. The number of hydrogen-bond acceptors (Lipinski definition) is 3. The average Bonchev–Trinajstić information content (AvgIpc) is 2.24. The Kier molecular flexibility index (Phi) is 5.04. The van der Waals surface area contributed by atoms with Crippen molar-refractivity contribution in [2.45, 2.75) is 12.1 Å². The summed E-state index contributed by atoms with van der Waals surface area (Å²) in [5.41, 5.74) is 0. The second kappa shape index (κ2) is 4.85. The number of halogens is 1.